The van der Waals surface area contributed by atoms with Gasteiger partial charge in [0.1, 0.15) is 0 Å². The molecule has 3 heteroatoms. The van der Waals surface area contributed by atoms with Crippen molar-refractivity contribution >= 4 is 10.9 Å². The molecule has 5 rings (SSSR count). The number of hydrogen-bond acceptors (Lipinski definition) is 2. The van der Waals surface area contributed by atoms with E-state index in [1.807, 2.05) is 0 Å². The SMILES string of the molecule is c1ccc2c(c1)CN(CCCCN1CCC(c3c[nH]c4ccccc34)CC1)C2. The van der Waals surface area contributed by atoms with Crippen LogP contribution in [0.1, 0.15) is 48.3 Å². The van der Waals surface area contributed by atoms with Gasteiger partial charge in [0.05, 0.1) is 0 Å². The molecule has 2 aliphatic rings. The molecule has 0 spiro atoms. The molecule has 3 heterocycles. The van der Waals surface area contributed by atoms with Gasteiger partial charge in [-0.25, -0.2) is 0 Å². The molecule has 3 nitrogen and oxygen atoms in total. The van der Waals surface area contributed by atoms with Crippen LogP contribution >= 0.6 is 0 Å². The first-order valence-corrected chi connectivity index (χ1v) is 10.9. The van der Waals surface area contributed by atoms with Crippen LogP contribution in [0.25, 0.3) is 10.9 Å². The number of aromatic nitrogens is 1. The topological polar surface area (TPSA) is 22.3 Å². The predicted molar refractivity (Wildman–Crippen MR) is 117 cm³/mol. The average Bonchev–Trinajstić information content (AvgIpc) is 3.35. The third-order valence-corrected chi connectivity index (χ3v) is 6.75. The van der Waals surface area contributed by atoms with Crippen molar-refractivity contribution in [2.24, 2.45) is 0 Å². The van der Waals surface area contributed by atoms with Crippen molar-refractivity contribution < 1.29 is 0 Å². The summed E-state index contributed by atoms with van der Waals surface area (Å²) in [5.41, 5.74) is 5.87. The van der Waals surface area contributed by atoms with Crippen molar-refractivity contribution in [3.05, 3.63) is 71.4 Å². The highest BCUT2D eigenvalue weighted by Crippen LogP contribution is 2.33. The van der Waals surface area contributed by atoms with Gasteiger partial charge in [-0.1, -0.05) is 42.5 Å². The monoisotopic (exact) mass is 373 g/mol. The minimum Gasteiger partial charge on any atom is -0.361 e. The smallest absolute Gasteiger partial charge is 0.0456 e. The fourth-order valence-corrected chi connectivity index (χ4v) is 5.13. The van der Waals surface area contributed by atoms with E-state index < -0.39 is 0 Å². The number of nitrogens with one attached hydrogen (secondary N) is 1. The zero-order valence-electron chi connectivity index (χ0n) is 16.7. The Hall–Kier alpha value is -2.10. The summed E-state index contributed by atoms with van der Waals surface area (Å²) in [6.45, 7) is 7.29. The van der Waals surface area contributed by atoms with Gasteiger partial charge in [-0.05, 0) is 80.5 Å². The van der Waals surface area contributed by atoms with Crippen LogP contribution in [0.3, 0.4) is 0 Å². The summed E-state index contributed by atoms with van der Waals surface area (Å²) in [5, 5.41) is 1.42. The van der Waals surface area contributed by atoms with Gasteiger partial charge in [0.25, 0.3) is 0 Å². The van der Waals surface area contributed by atoms with E-state index in [4.69, 9.17) is 0 Å². The van der Waals surface area contributed by atoms with Crippen molar-refractivity contribution in [2.45, 2.75) is 44.7 Å². The van der Waals surface area contributed by atoms with E-state index in [0.29, 0.717) is 0 Å². The van der Waals surface area contributed by atoms with Gasteiger partial charge in [-0.15, -0.1) is 0 Å². The number of hydrogen-bond donors (Lipinski definition) is 1. The Labute approximate surface area is 168 Å². The van der Waals surface area contributed by atoms with Gasteiger partial charge in [0.15, 0.2) is 0 Å². The number of unbranched alkanes of at least 4 members (excludes halogenated alkanes) is 1. The van der Waals surface area contributed by atoms with Crippen LogP contribution in [0.5, 0.6) is 0 Å². The molecule has 0 amide bonds. The molecule has 28 heavy (non-hydrogen) atoms. The Morgan fingerprint density at radius 3 is 2.18 bits per heavy atom. The van der Waals surface area contributed by atoms with Crippen molar-refractivity contribution in [2.75, 3.05) is 26.2 Å². The summed E-state index contributed by atoms with van der Waals surface area (Å²) in [7, 11) is 0. The lowest BCUT2D eigenvalue weighted by Gasteiger charge is -2.32. The maximum Gasteiger partial charge on any atom is 0.0456 e. The molecule has 0 aliphatic carbocycles. The van der Waals surface area contributed by atoms with Gasteiger partial charge in [-0.2, -0.15) is 0 Å². The number of nitrogens with zero attached hydrogens (tertiary/aromatic N) is 2. The van der Waals surface area contributed by atoms with Crippen LogP contribution in [0.15, 0.2) is 54.7 Å². The fourth-order valence-electron chi connectivity index (χ4n) is 5.13. The molecular formula is C25H31N3. The average molecular weight is 374 g/mol. The number of aromatic amines is 1. The Kier molecular flexibility index (Phi) is 5.20. The highest BCUT2D eigenvalue weighted by Gasteiger charge is 2.22. The summed E-state index contributed by atoms with van der Waals surface area (Å²) in [6.07, 6.45) is 7.48. The van der Waals surface area contributed by atoms with Crippen molar-refractivity contribution in [1.82, 2.24) is 14.8 Å². The molecule has 1 fully saturated rings. The standard InChI is InChI=1S/C25H31N3/c1-2-8-22-19-28(18-21(22)7-1)14-6-5-13-27-15-11-20(12-16-27)24-17-26-25-10-4-3-9-23(24)25/h1-4,7-10,17,20,26H,5-6,11-16,18-19H2. The Bertz CT molecular complexity index is 895. The zero-order chi connectivity index (χ0) is 18.8. The van der Waals surface area contributed by atoms with E-state index in [1.54, 1.807) is 0 Å². The summed E-state index contributed by atoms with van der Waals surface area (Å²) in [5.74, 6) is 0.718. The van der Waals surface area contributed by atoms with Gasteiger partial charge in [0, 0.05) is 30.2 Å². The Balaban J connectivity index is 1.04. The highest BCUT2D eigenvalue weighted by atomic mass is 15.1. The minimum atomic E-state index is 0.718. The quantitative estimate of drug-likeness (QED) is 0.604. The summed E-state index contributed by atoms with van der Waals surface area (Å²) >= 11 is 0. The molecule has 0 saturated carbocycles. The van der Waals surface area contributed by atoms with E-state index in [1.165, 1.54) is 79.5 Å². The minimum absolute atomic E-state index is 0.718. The Morgan fingerprint density at radius 2 is 1.43 bits per heavy atom. The van der Waals surface area contributed by atoms with E-state index in [-0.39, 0.29) is 0 Å². The van der Waals surface area contributed by atoms with E-state index in [2.05, 4.69) is 69.5 Å². The van der Waals surface area contributed by atoms with Crippen LogP contribution in [-0.2, 0) is 13.1 Å². The summed E-state index contributed by atoms with van der Waals surface area (Å²) in [4.78, 5) is 8.74. The largest absolute Gasteiger partial charge is 0.361 e. The lowest BCUT2D eigenvalue weighted by atomic mass is 9.89. The van der Waals surface area contributed by atoms with Crippen molar-refractivity contribution in [1.29, 1.82) is 0 Å². The third kappa shape index (κ3) is 3.74. The number of fused-ring (bicyclic) bond motifs is 2. The van der Waals surface area contributed by atoms with Crippen LogP contribution in [-0.4, -0.2) is 41.0 Å². The van der Waals surface area contributed by atoms with Gasteiger partial charge in [-0.3, -0.25) is 4.90 Å². The van der Waals surface area contributed by atoms with Crippen molar-refractivity contribution in [3.63, 3.8) is 0 Å². The molecule has 1 N–H and O–H groups in total. The normalized spacial score (nSPS) is 18.7. The number of piperidine rings is 1. The lowest BCUT2D eigenvalue weighted by Crippen LogP contribution is -2.34. The fraction of sp³-hybridized carbons (Fsp3) is 0.440. The molecular weight excluding hydrogens is 342 g/mol. The second-order valence-corrected chi connectivity index (χ2v) is 8.59. The molecule has 0 radical (unpaired) electrons. The van der Waals surface area contributed by atoms with E-state index >= 15 is 0 Å². The molecule has 0 atom stereocenters. The number of H-pyrrole nitrogens is 1. The molecule has 0 bridgehead atoms. The molecule has 2 aromatic carbocycles. The number of likely N-dealkylation sites (tertiary alicyclic amines) is 1. The molecule has 3 aromatic rings. The van der Waals surface area contributed by atoms with Crippen LogP contribution in [0.2, 0.25) is 0 Å². The second kappa shape index (κ2) is 8.10. The highest BCUT2D eigenvalue weighted by molar-refractivity contribution is 5.83. The predicted octanol–water partition coefficient (Wildman–Crippen LogP) is 5.14. The van der Waals surface area contributed by atoms with Gasteiger partial charge < -0.3 is 9.88 Å². The van der Waals surface area contributed by atoms with Gasteiger partial charge in [0.2, 0.25) is 0 Å². The lowest BCUT2D eigenvalue weighted by molar-refractivity contribution is 0.202. The molecule has 1 aromatic heterocycles. The van der Waals surface area contributed by atoms with Crippen LogP contribution < -0.4 is 0 Å². The summed E-state index contributed by atoms with van der Waals surface area (Å²) < 4.78 is 0. The first kappa shape index (κ1) is 18.0. The second-order valence-electron chi connectivity index (χ2n) is 8.59. The van der Waals surface area contributed by atoms with Crippen LogP contribution in [0, 0.1) is 0 Å². The van der Waals surface area contributed by atoms with Gasteiger partial charge >= 0.3 is 0 Å². The number of para-hydroxylation sites is 1. The number of rotatable bonds is 6. The molecule has 0 unspecified atom stereocenters. The molecule has 1 saturated heterocycles. The maximum atomic E-state index is 3.45. The van der Waals surface area contributed by atoms with Crippen LogP contribution in [0.4, 0.5) is 0 Å². The maximum absolute atomic E-state index is 3.45. The first-order chi connectivity index (χ1) is 13.9. The Morgan fingerprint density at radius 1 is 0.786 bits per heavy atom. The zero-order valence-corrected chi connectivity index (χ0v) is 16.7. The third-order valence-electron chi connectivity index (χ3n) is 6.75. The molecule has 146 valence electrons. The first-order valence-electron chi connectivity index (χ1n) is 10.9. The van der Waals surface area contributed by atoms with E-state index in [0.717, 1.165) is 19.0 Å². The van der Waals surface area contributed by atoms with Crippen molar-refractivity contribution in [3.8, 4) is 0 Å². The van der Waals surface area contributed by atoms with E-state index in [9.17, 15) is 0 Å². The number of benzene rings is 2. The summed E-state index contributed by atoms with van der Waals surface area (Å²) in [6, 6.07) is 17.6. The molecule has 2 aliphatic heterocycles.